The molecule has 0 aromatic heterocycles. The lowest BCUT2D eigenvalue weighted by atomic mass is 10.1. The van der Waals surface area contributed by atoms with Gasteiger partial charge in [-0.3, -0.25) is 0 Å². The lowest BCUT2D eigenvalue weighted by Gasteiger charge is -2.09. The van der Waals surface area contributed by atoms with Crippen LogP contribution in [-0.4, -0.2) is 18.8 Å². The molecule has 0 fully saturated rings. The van der Waals surface area contributed by atoms with Crippen molar-refractivity contribution in [3.05, 3.63) is 59.7 Å². The average Bonchev–Trinajstić information content (AvgIpc) is 2.47. The van der Waals surface area contributed by atoms with Crippen molar-refractivity contribution in [3.8, 4) is 11.5 Å². The molecule has 1 atom stereocenters. The summed E-state index contributed by atoms with van der Waals surface area (Å²) in [7, 11) is 1.70. The smallest absolute Gasteiger partial charge is 0.127 e. The van der Waals surface area contributed by atoms with E-state index >= 15 is 0 Å². The average molecular weight is 272 g/mol. The van der Waals surface area contributed by atoms with Gasteiger partial charge in [-0.2, -0.15) is 0 Å². The molecule has 0 saturated heterocycles. The Morgan fingerprint density at radius 1 is 0.950 bits per heavy atom. The number of aliphatic hydroxyl groups excluding tert-OH is 1. The quantitative estimate of drug-likeness (QED) is 0.871. The van der Waals surface area contributed by atoms with E-state index in [2.05, 4.69) is 0 Å². The fourth-order valence-corrected chi connectivity index (χ4v) is 1.89. The third-order valence-corrected chi connectivity index (χ3v) is 3.12. The summed E-state index contributed by atoms with van der Waals surface area (Å²) in [4.78, 5) is 0. The van der Waals surface area contributed by atoms with Crippen LogP contribution in [0.2, 0.25) is 0 Å². The van der Waals surface area contributed by atoms with Crippen LogP contribution in [0.5, 0.6) is 11.5 Å². The molecule has 2 aromatic rings. The summed E-state index contributed by atoms with van der Waals surface area (Å²) >= 11 is 0. The van der Waals surface area contributed by atoms with Gasteiger partial charge in [-0.25, -0.2) is 0 Å². The number of hydrogen-bond donors (Lipinski definition) is 1. The molecule has 0 aliphatic carbocycles. The zero-order valence-electron chi connectivity index (χ0n) is 11.9. The van der Waals surface area contributed by atoms with Crippen LogP contribution in [0.25, 0.3) is 0 Å². The van der Waals surface area contributed by atoms with Crippen molar-refractivity contribution in [3.63, 3.8) is 0 Å². The van der Waals surface area contributed by atoms with E-state index in [0.29, 0.717) is 0 Å². The van der Waals surface area contributed by atoms with Gasteiger partial charge in [0.25, 0.3) is 0 Å². The SMILES string of the molecule is COCCc1ccc(Oc2ccc(C(C)O)cc2)cc1. The minimum absolute atomic E-state index is 0.455. The minimum Gasteiger partial charge on any atom is -0.457 e. The topological polar surface area (TPSA) is 38.7 Å². The number of rotatable bonds is 6. The first-order valence-electron chi connectivity index (χ1n) is 6.73. The molecule has 2 aromatic carbocycles. The Bertz CT molecular complexity index is 515. The predicted octanol–water partition coefficient (Wildman–Crippen LogP) is 3.72. The summed E-state index contributed by atoms with van der Waals surface area (Å²) in [6, 6.07) is 15.4. The second-order valence-corrected chi connectivity index (χ2v) is 4.73. The van der Waals surface area contributed by atoms with Crippen LogP contribution < -0.4 is 4.74 Å². The molecule has 1 N–H and O–H groups in total. The van der Waals surface area contributed by atoms with Crippen molar-refractivity contribution in [2.24, 2.45) is 0 Å². The van der Waals surface area contributed by atoms with Crippen molar-refractivity contribution in [1.29, 1.82) is 0 Å². The van der Waals surface area contributed by atoms with Gasteiger partial charge in [0.05, 0.1) is 12.7 Å². The Balaban J connectivity index is 1.98. The van der Waals surface area contributed by atoms with E-state index in [1.165, 1.54) is 5.56 Å². The third kappa shape index (κ3) is 4.08. The Hall–Kier alpha value is -1.84. The molecule has 0 saturated carbocycles. The van der Waals surface area contributed by atoms with Gasteiger partial charge in [0.2, 0.25) is 0 Å². The molecule has 0 aliphatic heterocycles. The van der Waals surface area contributed by atoms with E-state index in [9.17, 15) is 5.11 Å². The highest BCUT2D eigenvalue weighted by Gasteiger charge is 2.02. The van der Waals surface area contributed by atoms with Gasteiger partial charge in [0.15, 0.2) is 0 Å². The van der Waals surface area contributed by atoms with Gasteiger partial charge < -0.3 is 14.6 Å². The van der Waals surface area contributed by atoms with Gasteiger partial charge in [-0.15, -0.1) is 0 Å². The van der Waals surface area contributed by atoms with Crippen LogP contribution in [0.3, 0.4) is 0 Å². The maximum Gasteiger partial charge on any atom is 0.127 e. The van der Waals surface area contributed by atoms with Gasteiger partial charge in [-0.1, -0.05) is 24.3 Å². The molecule has 3 nitrogen and oxygen atoms in total. The summed E-state index contributed by atoms with van der Waals surface area (Å²) in [5, 5.41) is 9.45. The lowest BCUT2D eigenvalue weighted by molar-refractivity contribution is 0.199. The van der Waals surface area contributed by atoms with E-state index in [1.54, 1.807) is 14.0 Å². The highest BCUT2D eigenvalue weighted by Crippen LogP contribution is 2.23. The summed E-state index contributed by atoms with van der Waals surface area (Å²) in [6.45, 7) is 2.47. The van der Waals surface area contributed by atoms with Crippen LogP contribution in [-0.2, 0) is 11.2 Å². The highest BCUT2D eigenvalue weighted by molar-refractivity contribution is 5.35. The lowest BCUT2D eigenvalue weighted by Crippen LogP contribution is -1.94. The van der Waals surface area contributed by atoms with Crippen molar-refractivity contribution in [2.75, 3.05) is 13.7 Å². The first kappa shape index (κ1) is 14.6. The van der Waals surface area contributed by atoms with Crippen LogP contribution in [0.15, 0.2) is 48.5 Å². The van der Waals surface area contributed by atoms with Crippen molar-refractivity contribution in [1.82, 2.24) is 0 Å². The molecule has 0 amide bonds. The Kier molecular flexibility index (Phi) is 5.16. The van der Waals surface area contributed by atoms with Gasteiger partial charge in [0.1, 0.15) is 11.5 Å². The first-order chi connectivity index (χ1) is 9.69. The fourth-order valence-electron chi connectivity index (χ4n) is 1.89. The van der Waals surface area contributed by atoms with E-state index in [0.717, 1.165) is 30.1 Å². The van der Waals surface area contributed by atoms with E-state index < -0.39 is 6.10 Å². The Labute approximate surface area is 119 Å². The maximum absolute atomic E-state index is 9.45. The summed E-state index contributed by atoms with van der Waals surface area (Å²) in [5.74, 6) is 1.56. The van der Waals surface area contributed by atoms with Gasteiger partial charge in [-0.05, 0) is 48.7 Å². The third-order valence-electron chi connectivity index (χ3n) is 3.12. The predicted molar refractivity (Wildman–Crippen MR) is 79.2 cm³/mol. The monoisotopic (exact) mass is 272 g/mol. The zero-order valence-corrected chi connectivity index (χ0v) is 11.9. The molecule has 0 spiro atoms. The first-order valence-corrected chi connectivity index (χ1v) is 6.73. The highest BCUT2D eigenvalue weighted by atomic mass is 16.5. The molecular weight excluding hydrogens is 252 g/mol. The molecule has 0 bridgehead atoms. The van der Waals surface area contributed by atoms with Crippen molar-refractivity contribution >= 4 is 0 Å². The maximum atomic E-state index is 9.45. The fraction of sp³-hybridized carbons (Fsp3) is 0.294. The summed E-state index contributed by atoms with van der Waals surface area (Å²) in [5.41, 5.74) is 2.11. The molecule has 3 heteroatoms. The molecule has 20 heavy (non-hydrogen) atoms. The number of methoxy groups -OCH3 is 1. The second kappa shape index (κ2) is 7.08. The number of ether oxygens (including phenoxy) is 2. The van der Waals surface area contributed by atoms with E-state index in [4.69, 9.17) is 9.47 Å². The van der Waals surface area contributed by atoms with Gasteiger partial charge >= 0.3 is 0 Å². The van der Waals surface area contributed by atoms with E-state index in [-0.39, 0.29) is 0 Å². The standard InChI is InChI=1S/C17H20O3/c1-13(18)15-5-9-17(10-6-15)20-16-7-3-14(4-8-16)11-12-19-2/h3-10,13,18H,11-12H2,1-2H3. The van der Waals surface area contributed by atoms with Crippen LogP contribution in [0.4, 0.5) is 0 Å². The normalized spacial score (nSPS) is 12.2. The molecule has 2 rings (SSSR count). The number of benzene rings is 2. The van der Waals surface area contributed by atoms with E-state index in [1.807, 2.05) is 48.5 Å². The summed E-state index contributed by atoms with van der Waals surface area (Å²) < 4.78 is 10.8. The molecule has 0 radical (unpaired) electrons. The van der Waals surface area contributed by atoms with Crippen LogP contribution in [0, 0.1) is 0 Å². The zero-order chi connectivity index (χ0) is 14.4. The molecule has 1 unspecified atom stereocenters. The number of hydrogen-bond acceptors (Lipinski definition) is 3. The Morgan fingerprint density at radius 3 is 2.00 bits per heavy atom. The Morgan fingerprint density at radius 2 is 1.50 bits per heavy atom. The molecule has 0 heterocycles. The molecule has 0 aliphatic rings. The number of aliphatic hydroxyl groups is 1. The molecular formula is C17H20O3. The molecule has 106 valence electrons. The van der Waals surface area contributed by atoms with Crippen molar-refractivity contribution < 1.29 is 14.6 Å². The summed E-state index contributed by atoms with van der Waals surface area (Å²) in [6.07, 6.45) is 0.448. The van der Waals surface area contributed by atoms with Crippen LogP contribution >= 0.6 is 0 Å². The second-order valence-electron chi connectivity index (χ2n) is 4.73. The van der Waals surface area contributed by atoms with Crippen LogP contribution in [0.1, 0.15) is 24.2 Å². The van der Waals surface area contributed by atoms with Crippen molar-refractivity contribution in [2.45, 2.75) is 19.4 Å². The largest absolute Gasteiger partial charge is 0.457 e. The van der Waals surface area contributed by atoms with Gasteiger partial charge in [0, 0.05) is 7.11 Å². The minimum atomic E-state index is -0.455.